The van der Waals surface area contributed by atoms with Crippen molar-refractivity contribution in [3.8, 4) is 0 Å². The van der Waals surface area contributed by atoms with E-state index in [9.17, 15) is 33.9 Å². The van der Waals surface area contributed by atoms with Gasteiger partial charge in [0.1, 0.15) is 18.1 Å². The van der Waals surface area contributed by atoms with E-state index in [0.717, 1.165) is 0 Å². The number of carbonyl (C=O) groups is 6. The van der Waals surface area contributed by atoms with Crippen LogP contribution >= 0.6 is 0 Å². The lowest BCUT2D eigenvalue weighted by molar-refractivity contribution is -0.144. The summed E-state index contributed by atoms with van der Waals surface area (Å²) in [6.45, 7) is 6.70. The molecule has 5 atom stereocenters. The van der Waals surface area contributed by atoms with Gasteiger partial charge in [-0.1, -0.05) is 34.1 Å². The van der Waals surface area contributed by atoms with Crippen LogP contribution in [0.2, 0.25) is 0 Å². The quantitative estimate of drug-likeness (QED) is 0.143. The molecule has 0 heterocycles. The topological polar surface area (TPSA) is 231 Å². The molecule has 0 bridgehead atoms. The Morgan fingerprint density at radius 1 is 0.848 bits per heavy atom. The molecule has 0 aromatic carbocycles. The van der Waals surface area contributed by atoms with Crippen LogP contribution < -0.4 is 27.4 Å². The molecule has 13 nitrogen and oxygen atoms in total. The van der Waals surface area contributed by atoms with Gasteiger partial charge in [0.25, 0.3) is 0 Å². The van der Waals surface area contributed by atoms with E-state index >= 15 is 0 Å². The lowest BCUT2D eigenvalue weighted by Gasteiger charge is -2.27. The normalized spacial score (nSPS) is 15.5. The lowest BCUT2D eigenvalue weighted by Crippen LogP contribution is -2.59. The number of primary amides is 1. The van der Waals surface area contributed by atoms with Crippen LogP contribution in [-0.2, 0) is 28.8 Å². The molecule has 0 fully saturated rings. The second kappa shape index (κ2) is 14.0. The van der Waals surface area contributed by atoms with Crippen molar-refractivity contribution >= 4 is 35.6 Å². The number of hydrogen-bond donors (Lipinski definition) is 7. The molecule has 0 saturated carbocycles. The Hall–Kier alpha value is -3.22. The molecule has 0 aliphatic carbocycles. The molecule has 0 spiro atoms. The van der Waals surface area contributed by atoms with Crippen molar-refractivity contribution in [2.24, 2.45) is 23.3 Å². The number of aliphatic carboxylic acids is 2. The van der Waals surface area contributed by atoms with E-state index in [1.165, 1.54) is 0 Å². The number of carboxylic acid groups (broad SMARTS) is 2. The summed E-state index contributed by atoms with van der Waals surface area (Å²) in [5.74, 6) is -6.76. The van der Waals surface area contributed by atoms with Gasteiger partial charge in [-0.2, -0.15) is 0 Å². The van der Waals surface area contributed by atoms with Gasteiger partial charge < -0.3 is 37.6 Å². The van der Waals surface area contributed by atoms with Gasteiger partial charge in [-0.3, -0.25) is 24.0 Å². The van der Waals surface area contributed by atoms with Crippen molar-refractivity contribution in [1.29, 1.82) is 0 Å². The minimum Gasteiger partial charge on any atom is -0.481 e. The molecule has 0 aromatic rings. The monoisotopic (exact) mass is 473 g/mol. The number of nitrogens with one attached hydrogen (secondary N) is 3. The van der Waals surface area contributed by atoms with E-state index in [1.807, 2.05) is 6.92 Å². The van der Waals surface area contributed by atoms with Gasteiger partial charge in [0.15, 0.2) is 0 Å². The van der Waals surface area contributed by atoms with Crippen LogP contribution in [0, 0.1) is 11.8 Å². The van der Waals surface area contributed by atoms with E-state index < -0.39 is 72.1 Å². The first kappa shape index (κ1) is 29.8. The van der Waals surface area contributed by atoms with E-state index in [-0.39, 0.29) is 18.8 Å². The fourth-order valence-electron chi connectivity index (χ4n) is 2.76. The third kappa shape index (κ3) is 10.8. The molecule has 4 amide bonds. The molecule has 0 radical (unpaired) electrons. The minimum atomic E-state index is -1.51. The Balaban J connectivity index is 5.48. The standard InChI is InChI=1S/C20H35N5O8/c1-5-10(4)15(22)18(30)24-12(8-14(27)28)17(29)25-16(9(2)3)19(31)23-11(20(32)33)6-7-13(21)26/h9-12,15-16H,5-8,22H2,1-4H3,(H2,21,26)(H,23,31)(H,24,30)(H,25,29)(H,27,28)(H,32,33). The second-order valence-corrected chi connectivity index (χ2v) is 8.21. The summed E-state index contributed by atoms with van der Waals surface area (Å²) in [5.41, 5.74) is 10.9. The molecule has 0 aliphatic rings. The van der Waals surface area contributed by atoms with Crippen molar-refractivity contribution in [2.75, 3.05) is 0 Å². The highest BCUT2D eigenvalue weighted by Crippen LogP contribution is 2.08. The SMILES string of the molecule is CCC(C)C(N)C(=O)NC(CC(=O)O)C(=O)NC(C(=O)NC(CCC(N)=O)C(=O)O)C(C)C. The fraction of sp³-hybridized carbons (Fsp3) is 0.700. The lowest BCUT2D eigenvalue weighted by atomic mass is 9.98. The van der Waals surface area contributed by atoms with Crippen LogP contribution in [0.3, 0.4) is 0 Å². The van der Waals surface area contributed by atoms with Crippen LogP contribution in [-0.4, -0.2) is 69.9 Å². The summed E-state index contributed by atoms with van der Waals surface area (Å²) in [7, 11) is 0. The van der Waals surface area contributed by atoms with Crippen molar-refractivity contribution in [2.45, 2.75) is 77.5 Å². The molecule has 188 valence electrons. The number of amides is 4. The zero-order valence-corrected chi connectivity index (χ0v) is 19.3. The molecule has 13 heteroatoms. The van der Waals surface area contributed by atoms with Gasteiger partial charge in [0.2, 0.25) is 23.6 Å². The van der Waals surface area contributed by atoms with Crippen LogP contribution in [0.4, 0.5) is 0 Å². The largest absolute Gasteiger partial charge is 0.481 e. The third-order valence-electron chi connectivity index (χ3n) is 5.11. The van der Waals surface area contributed by atoms with Crippen LogP contribution in [0.25, 0.3) is 0 Å². The van der Waals surface area contributed by atoms with Crippen molar-refractivity contribution in [3.63, 3.8) is 0 Å². The summed E-state index contributed by atoms with van der Waals surface area (Å²) >= 11 is 0. The van der Waals surface area contributed by atoms with E-state index in [1.54, 1.807) is 20.8 Å². The number of hydrogen-bond acceptors (Lipinski definition) is 7. The number of carboxylic acids is 2. The maximum Gasteiger partial charge on any atom is 0.326 e. The predicted octanol–water partition coefficient (Wildman–Crippen LogP) is -1.70. The summed E-state index contributed by atoms with van der Waals surface area (Å²) in [6, 6.07) is -5.15. The third-order valence-corrected chi connectivity index (χ3v) is 5.11. The first-order chi connectivity index (χ1) is 15.2. The molecule has 0 aromatic heterocycles. The highest BCUT2D eigenvalue weighted by Gasteiger charge is 2.33. The van der Waals surface area contributed by atoms with Gasteiger partial charge in [-0.05, 0) is 18.3 Å². The highest BCUT2D eigenvalue weighted by atomic mass is 16.4. The Kier molecular flexibility index (Phi) is 12.7. The first-order valence-corrected chi connectivity index (χ1v) is 10.6. The summed E-state index contributed by atoms with van der Waals surface area (Å²) in [4.78, 5) is 71.3. The number of rotatable bonds is 15. The maximum atomic E-state index is 12.7. The number of nitrogens with two attached hydrogens (primary N) is 2. The minimum absolute atomic E-state index is 0.221. The smallest absolute Gasteiger partial charge is 0.326 e. The van der Waals surface area contributed by atoms with E-state index in [4.69, 9.17) is 16.6 Å². The molecule has 0 rings (SSSR count). The zero-order valence-electron chi connectivity index (χ0n) is 19.3. The molecular formula is C20H35N5O8. The second-order valence-electron chi connectivity index (χ2n) is 8.21. The Morgan fingerprint density at radius 3 is 1.82 bits per heavy atom. The summed E-state index contributed by atoms with van der Waals surface area (Å²) < 4.78 is 0. The number of carbonyl (C=O) groups excluding carboxylic acids is 4. The van der Waals surface area contributed by atoms with Crippen LogP contribution in [0.1, 0.15) is 53.4 Å². The molecule has 5 unspecified atom stereocenters. The highest BCUT2D eigenvalue weighted by molar-refractivity contribution is 5.95. The average molecular weight is 474 g/mol. The Labute approximate surface area is 192 Å². The van der Waals surface area contributed by atoms with Gasteiger partial charge >= 0.3 is 11.9 Å². The van der Waals surface area contributed by atoms with Crippen molar-refractivity contribution < 1.29 is 39.0 Å². The van der Waals surface area contributed by atoms with Gasteiger partial charge in [-0.15, -0.1) is 0 Å². The summed E-state index contributed by atoms with van der Waals surface area (Å²) in [5, 5.41) is 25.3. The van der Waals surface area contributed by atoms with Gasteiger partial charge in [-0.25, -0.2) is 4.79 Å². The summed E-state index contributed by atoms with van der Waals surface area (Å²) in [6.07, 6.45) is -0.701. The fourth-order valence-corrected chi connectivity index (χ4v) is 2.76. The molecule has 0 aliphatic heterocycles. The zero-order chi connectivity index (χ0) is 25.9. The molecule has 0 saturated heterocycles. The molecule has 9 N–H and O–H groups in total. The predicted molar refractivity (Wildman–Crippen MR) is 116 cm³/mol. The first-order valence-electron chi connectivity index (χ1n) is 10.6. The Morgan fingerprint density at radius 2 is 1.39 bits per heavy atom. The van der Waals surface area contributed by atoms with Gasteiger partial charge in [0.05, 0.1) is 12.5 Å². The van der Waals surface area contributed by atoms with Crippen molar-refractivity contribution in [1.82, 2.24) is 16.0 Å². The van der Waals surface area contributed by atoms with Gasteiger partial charge in [0, 0.05) is 6.42 Å². The van der Waals surface area contributed by atoms with Crippen LogP contribution in [0.5, 0.6) is 0 Å². The Bertz CT molecular complexity index is 742. The molecule has 33 heavy (non-hydrogen) atoms. The average Bonchev–Trinajstić information content (AvgIpc) is 2.71. The van der Waals surface area contributed by atoms with Crippen LogP contribution in [0.15, 0.2) is 0 Å². The van der Waals surface area contributed by atoms with Crippen molar-refractivity contribution in [3.05, 3.63) is 0 Å². The van der Waals surface area contributed by atoms with E-state index in [2.05, 4.69) is 16.0 Å². The van der Waals surface area contributed by atoms with E-state index in [0.29, 0.717) is 6.42 Å². The maximum absolute atomic E-state index is 12.7. The molecular weight excluding hydrogens is 438 g/mol.